The van der Waals surface area contributed by atoms with E-state index in [0.717, 1.165) is 33.7 Å². The molecule has 2 heterocycles. The van der Waals surface area contributed by atoms with Crippen molar-refractivity contribution in [3.05, 3.63) is 45.5 Å². The topological polar surface area (TPSA) is 62.3 Å². The lowest BCUT2D eigenvalue weighted by molar-refractivity contribution is -0.114. The lowest BCUT2D eigenvalue weighted by Gasteiger charge is -2.26. The molecule has 1 aromatic carbocycles. The van der Waals surface area contributed by atoms with Gasteiger partial charge in [-0.15, -0.1) is 0 Å². The van der Waals surface area contributed by atoms with Crippen molar-refractivity contribution in [1.29, 1.82) is 0 Å². The number of carbonyl (C=O) groups excluding carboxylic acids is 2. The zero-order valence-corrected chi connectivity index (χ0v) is 14.3. The molecule has 3 rings (SSSR count). The molecule has 0 fully saturated rings. The highest BCUT2D eigenvalue weighted by atomic mass is 32.1. The number of carbonyl (C=O) groups is 2. The number of fused-ring (bicyclic) bond motifs is 1. The van der Waals surface area contributed by atoms with E-state index in [-0.39, 0.29) is 11.8 Å². The number of nitrogens with zero attached hydrogens (tertiary/aromatic N) is 2. The Balaban J connectivity index is 1.79. The average molecular weight is 329 g/mol. The third kappa shape index (κ3) is 3.42. The van der Waals surface area contributed by atoms with E-state index in [4.69, 9.17) is 0 Å². The lowest BCUT2D eigenvalue weighted by atomic mass is 10.1. The van der Waals surface area contributed by atoms with Crippen LogP contribution in [0.1, 0.15) is 39.0 Å². The number of thiazole rings is 1. The molecule has 23 heavy (non-hydrogen) atoms. The summed E-state index contributed by atoms with van der Waals surface area (Å²) in [6, 6.07) is 5.93. The maximum Gasteiger partial charge on any atom is 0.254 e. The van der Waals surface area contributed by atoms with E-state index in [9.17, 15) is 9.59 Å². The van der Waals surface area contributed by atoms with Gasteiger partial charge in [-0.2, -0.15) is 0 Å². The van der Waals surface area contributed by atoms with Crippen LogP contribution >= 0.6 is 11.3 Å². The van der Waals surface area contributed by atoms with Crippen molar-refractivity contribution in [2.24, 2.45) is 0 Å². The maximum atomic E-state index is 12.7. The van der Waals surface area contributed by atoms with Gasteiger partial charge in [-0.3, -0.25) is 9.59 Å². The number of rotatable bonds is 2. The minimum atomic E-state index is -0.126. The van der Waals surface area contributed by atoms with E-state index in [1.165, 1.54) is 18.3 Å². The van der Waals surface area contributed by atoms with Crippen molar-refractivity contribution < 1.29 is 9.59 Å². The number of aryl methyl sites for hydroxylation is 2. The molecule has 6 heteroatoms. The highest BCUT2D eigenvalue weighted by Crippen LogP contribution is 2.29. The normalized spacial score (nSPS) is 13.6. The Morgan fingerprint density at radius 3 is 2.57 bits per heavy atom. The van der Waals surface area contributed by atoms with Crippen LogP contribution in [-0.4, -0.2) is 28.2 Å². The van der Waals surface area contributed by atoms with Crippen LogP contribution < -0.4 is 5.32 Å². The third-order valence-electron chi connectivity index (χ3n) is 3.77. The summed E-state index contributed by atoms with van der Waals surface area (Å²) in [5.41, 5.74) is 3.91. The molecule has 0 radical (unpaired) electrons. The van der Waals surface area contributed by atoms with Crippen LogP contribution in [0.3, 0.4) is 0 Å². The van der Waals surface area contributed by atoms with Crippen LogP contribution in [0.4, 0.5) is 5.13 Å². The SMILES string of the molecule is CC(=O)Nc1nc2c(s1)CN(C(=O)c1cc(C)cc(C)c1)CC2. The molecule has 5 nitrogen and oxygen atoms in total. The van der Waals surface area contributed by atoms with Gasteiger partial charge >= 0.3 is 0 Å². The Hall–Kier alpha value is -2.21. The van der Waals surface area contributed by atoms with Gasteiger partial charge in [0.05, 0.1) is 12.2 Å². The molecule has 1 N–H and O–H groups in total. The van der Waals surface area contributed by atoms with Crippen LogP contribution in [0.15, 0.2) is 18.2 Å². The van der Waals surface area contributed by atoms with Gasteiger partial charge in [0.15, 0.2) is 5.13 Å². The molecule has 120 valence electrons. The van der Waals surface area contributed by atoms with Crippen molar-refractivity contribution in [3.63, 3.8) is 0 Å². The number of hydrogen-bond acceptors (Lipinski definition) is 4. The third-order valence-corrected chi connectivity index (χ3v) is 4.77. The Labute approximate surface area is 139 Å². The molecule has 0 spiro atoms. The average Bonchev–Trinajstić information content (AvgIpc) is 2.85. The van der Waals surface area contributed by atoms with Crippen molar-refractivity contribution in [1.82, 2.24) is 9.88 Å². The molecule has 2 aromatic rings. The zero-order chi connectivity index (χ0) is 16.6. The fraction of sp³-hybridized carbons (Fsp3) is 0.353. The Morgan fingerprint density at radius 2 is 1.91 bits per heavy atom. The summed E-state index contributed by atoms with van der Waals surface area (Å²) in [5, 5.41) is 3.33. The second kappa shape index (κ2) is 6.12. The summed E-state index contributed by atoms with van der Waals surface area (Å²) in [7, 11) is 0. The Bertz CT molecular complexity index is 762. The zero-order valence-electron chi connectivity index (χ0n) is 13.5. The minimum Gasteiger partial charge on any atom is -0.333 e. The first kappa shape index (κ1) is 15.7. The van der Waals surface area contributed by atoms with Crippen LogP contribution in [0.2, 0.25) is 0 Å². The molecular formula is C17H19N3O2S. The summed E-state index contributed by atoms with van der Waals surface area (Å²) in [6.45, 7) is 6.68. The fourth-order valence-corrected chi connectivity index (χ4v) is 3.92. The van der Waals surface area contributed by atoms with Crippen LogP contribution in [0.5, 0.6) is 0 Å². The maximum absolute atomic E-state index is 12.7. The van der Waals surface area contributed by atoms with E-state index < -0.39 is 0 Å². The first-order valence-electron chi connectivity index (χ1n) is 7.56. The highest BCUT2D eigenvalue weighted by molar-refractivity contribution is 7.15. The molecule has 0 bridgehead atoms. The van der Waals surface area contributed by atoms with Gasteiger partial charge in [0.2, 0.25) is 5.91 Å². The van der Waals surface area contributed by atoms with Gasteiger partial charge in [0.1, 0.15) is 0 Å². The molecule has 1 aliphatic rings. The number of hydrogen-bond donors (Lipinski definition) is 1. The summed E-state index contributed by atoms with van der Waals surface area (Å²) in [4.78, 5) is 31.2. The van der Waals surface area contributed by atoms with Crippen LogP contribution in [0.25, 0.3) is 0 Å². The molecule has 1 aliphatic heterocycles. The molecule has 0 saturated carbocycles. The first-order valence-corrected chi connectivity index (χ1v) is 8.38. The second-order valence-electron chi connectivity index (χ2n) is 5.92. The molecule has 0 atom stereocenters. The fourth-order valence-electron chi connectivity index (χ4n) is 2.85. The summed E-state index contributed by atoms with van der Waals surface area (Å²) in [6.07, 6.45) is 0.724. The quantitative estimate of drug-likeness (QED) is 0.921. The van der Waals surface area contributed by atoms with Gasteiger partial charge < -0.3 is 10.2 Å². The molecule has 0 unspecified atom stereocenters. The van der Waals surface area contributed by atoms with Crippen molar-refractivity contribution in [2.75, 3.05) is 11.9 Å². The largest absolute Gasteiger partial charge is 0.333 e. The summed E-state index contributed by atoms with van der Waals surface area (Å²) < 4.78 is 0. The number of benzene rings is 1. The second-order valence-corrected chi connectivity index (χ2v) is 7.01. The predicted molar refractivity (Wildman–Crippen MR) is 90.8 cm³/mol. The summed E-state index contributed by atoms with van der Waals surface area (Å²) >= 11 is 1.45. The molecule has 1 aromatic heterocycles. The Morgan fingerprint density at radius 1 is 1.22 bits per heavy atom. The van der Waals surface area contributed by atoms with Gasteiger partial charge in [-0.25, -0.2) is 4.98 Å². The highest BCUT2D eigenvalue weighted by Gasteiger charge is 2.25. The van der Waals surface area contributed by atoms with Crippen molar-refractivity contribution >= 4 is 28.3 Å². The standard InChI is InChI=1S/C17H19N3O2S/c1-10-6-11(2)8-13(7-10)16(22)20-5-4-14-15(9-20)23-17(19-14)18-12(3)21/h6-8H,4-5,9H2,1-3H3,(H,18,19,21). The first-order chi connectivity index (χ1) is 10.9. The molecule has 0 saturated heterocycles. The van der Waals surface area contributed by atoms with E-state index in [2.05, 4.69) is 16.4 Å². The monoisotopic (exact) mass is 329 g/mol. The predicted octanol–water partition coefficient (Wildman–Crippen LogP) is 2.92. The molecule has 0 aliphatic carbocycles. The van der Waals surface area contributed by atoms with Crippen LogP contribution in [0, 0.1) is 13.8 Å². The van der Waals surface area contributed by atoms with Crippen LogP contribution in [-0.2, 0) is 17.8 Å². The number of amides is 2. The van der Waals surface area contributed by atoms with E-state index in [1.807, 2.05) is 30.9 Å². The minimum absolute atomic E-state index is 0.0527. The van der Waals surface area contributed by atoms with Crippen molar-refractivity contribution in [3.8, 4) is 0 Å². The number of nitrogens with one attached hydrogen (secondary N) is 1. The molecular weight excluding hydrogens is 310 g/mol. The van der Waals surface area contributed by atoms with Gasteiger partial charge in [-0.05, 0) is 26.0 Å². The number of anilines is 1. The van der Waals surface area contributed by atoms with E-state index in [0.29, 0.717) is 18.2 Å². The molecule has 2 amide bonds. The van der Waals surface area contributed by atoms with E-state index >= 15 is 0 Å². The lowest BCUT2D eigenvalue weighted by Crippen LogP contribution is -2.35. The smallest absolute Gasteiger partial charge is 0.254 e. The summed E-state index contributed by atoms with van der Waals surface area (Å²) in [5.74, 6) is -0.0730. The Kier molecular flexibility index (Phi) is 4.17. The van der Waals surface area contributed by atoms with Crippen molar-refractivity contribution in [2.45, 2.75) is 33.7 Å². The number of aromatic nitrogens is 1. The van der Waals surface area contributed by atoms with Gasteiger partial charge in [-0.1, -0.05) is 28.5 Å². The van der Waals surface area contributed by atoms with E-state index in [1.54, 1.807) is 0 Å². The van der Waals surface area contributed by atoms with Gasteiger partial charge in [0, 0.05) is 30.3 Å². The van der Waals surface area contributed by atoms with Gasteiger partial charge in [0.25, 0.3) is 5.91 Å².